The maximum atomic E-state index is 12.7. The molecule has 0 aliphatic carbocycles. The van der Waals surface area contributed by atoms with Crippen molar-refractivity contribution in [1.82, 2.24) is 5.43 Å². The van der Waals surface area contributed by atoms with Crippen molar-refractivity contribution in [2.24, 2.45) is 0 Å². The SMILES string of the molecule is Cc1cc(C)cc(OCCOc2cccc(/C=C3\C(=O)NN(c4ccccc4)C3=O)c2)c1. The molecule has 0 saturated carbocycles. The van der Waals surface area contributed by atoms with E-state index >= 15 is 0 Å². The average Bonchev–Trinajstić information content (AvgIpc) is 3.05. The largest absolute Gasteiger partial charge is 0.490 e. The van der Waals surface area contributed by atoms with Crippen molar-refractivity contribution in [3.8, 4) is 11.5 Å². The summed E-state index contributed by atoms with van der Waals surface area (Å²) in [6.45, 7) is 4.84. The Morgan fingerprint density at radius 1 is 0.812 bits per heavy atom. The summed E-state index contributed by atoms with van der Waals surface area (Å²) in [6, 6.07) is 22.3. The van der Waals surface area contributed by atoms with Crippen molar-refractivity contribution in [3.05, 3.63) is 95.1 Å². The number of amides is 2. The molecular weight excluding hydrogens is 404 g/mol. The summed E-state index contributed by atoms with van der Waals surface area (Å²) in [5, 5.41) is 1.25. The van der Waals surface area contributed by atoms with E-state index in [9.17, 15) is 9.59 Å². The van der Waals surface area contributed by atoms with Crippen molar-refractivity contribution in [2.75, 3.05) is 18.2 Å². The molecule has 0 spiro atoms. The summed E-state index contributed by atoms with van der Waals surface area (Å²) in [6.07, 6.45) is 1.57. The van der Waals surface area contributed by atoms with Gasteiger partial charge in [0.25, 0.3) is 11.8 Å². The van der Waals surface area contributed by atoms with Gasteiger partial charge in [-0.3, -0.25) is 15.0 Å². The van der Waals surface area contributed by atoms with Crippen molar-refractivity contribution in [1.29, 1.82) is 0 Å². The first kappa shape index (κ1) is 21.2. The molecule has 6 nitrogen and oxygen atoms in total. The molecule has 0 bridgehead atoms. The van der Waals surface area contributed by atoms with Crippen LogP contribution in [0.4, 0.5) is 5.69 Å². The van der Waals surface area contributed by atoms with Crippen LogP contribution in [0.25, 0.3) is 6.08 Å². The highest BCUT2D eigenvalue weighted by atomic mass is 16.5. The Balaban J connectivity index is 1.39. The monoisotopic (exact) mass is 428 g/mol. The summed E-state index contributed by atoms with van der Waals surface area (Å²) in [5.41, 5.74) is 6.28. The number of hydrazine groups is 1. The number of hydrogen-bond donors (Lipinski definition) is 1. The van der Waals surface area contributed by atoms with Gasteiger partial charge in [0, 0.05) is 0 Å². The second-order valence-corrected chi connectivity index (χ2v) is 7.57. The molecule has 1 aliphatic heterocycles. The number of aryl methyl sites for hydroxylation is 2. The lowest BCUT2D eigenvalue weighted by molar-refractivity contribution is -0.117. The predicted octanol–water partition coefficient (Wildman–Crippen LogP) is 4.22. The Morgan fingerprint density at radius 3 is 2.22 bits per heavy atom. The van der Waals surface area contributed by atoms with Gasteiger partial charge in [0.2, 0.25) is 0 Å². The van der Waals surface area contributed by atoms with Crippen LogP contribution in [0, 0.1) is 13.8 Å². The fraction of sp³-hybridized carbons (Fsp3) is 0.154. The first-order valence-corrected chi connectivity index (χ1v) is 10.4. The fourth-order valence-electron chi connectivity index (χ4n) is 3.51. The lowest BCUT2D eigenvalue weighted by Gasteiger charge is -2.13. The van der Waals surface area contributed by atoms with Crippen molar-refractivity contribution >= 4 is 23.6 Å². The molecule has 6 heteroatoms. The van der Waals surface area contributed by atoms with E-state index in [0.717, 1.165) is 16.9 Å². The zero-order valence-corrected chi connectivity index (χ0v) is 18.0. The molecule has 3 aromatic rings. The minimum Gasteiger partial charge on any atom is -0.490 e. The maximum Gasteiger partial charge on any atom is 0.282 e. The van der Waals surface area contributed by atoms with Crippen molar-refractivity contribution in [2.45, 2.75) is 13.8 Å². The van der Waals surface area contributed by atoms with Crippen LogP contribution in [0.5, 0.6) is 11.5 Å². The van der Waals surface area contributed by atoms with E-state index in [1.54, 1.807) is 36.4 Å². The van der Waals surface area contributed by atoms with E-state index in [1.165, 1.54) is 5.01 Å². The Hall–Kier alpha value is -4.06. The first-order valence-electron chi connectivity index (χ1n) is 10.4. The average molecular weight is 428 g/mol. The number of carbonyl (C=O) groups excluding carboxylic acids is 2. The van der Waals surface area contributed by atoms with Gasteiger partial charge in [0.05, 0.1) is 5.69 Å². The number of nitrogens with one attached hydrogen (secondary N) is 1. The normalized spacial score (nSPS) is 14.6. The molecule has 32 heavy (non-hydrogen) atoms. The Bertz CT molecular complexity index is 1150. The van der Waals surface area contributed by atoms with Gasteiger partial charge in [0.1, 0.15) is 30.3 Å². The molecule has 2 amide bonds. The van der Waals surface area contributed by atoms with Gasteiger partial charge in [-0.2, -0.15) is 0 Å². The molecule has 0 atom stereocenters. The highest BCUT2D eigenvalue weighted by Gasteiger charge is 2.34. The highest BCUT2D eigenvalue weighted by molar-refractivity contribution is 6.31. The number of para-hydroxylation sites is 1. The van der Waals surface area contributed by atoms with Crippen LogP contribution in [0.15, 0.2) is 78.4 Å². The molecule has 0 unspecified atom stereocenters. The molecule has 162 valence electrons. The number of ether oxygens (including phenoxy) is 2. The standard InChI is InChI=1S/C26H24N2O4/c1-18-13-19(2)15-23(14-18)32-12-11-31-22-10-6-7-20(16-22)17-24-25(29)27-28(26(24)30)21-8-4-3-5-9-21/h3-10,13-17H,11-12H2,1-2H3,(H,27,29)/b24-17+. The first-order chi connectivity index (χ1) is 15.5. The van der Waals surface area contributed by atoms with E-state index in [0.29, 0.717) is 30.2 Å². The van der Waals surface area contributed by atoms with E-state index in [2.05, 4.69) is 11.5 Å². The lowest BCUT2D eigenvalue weighted by atomic mass is 10.1. The molecule has 0 radical (unpaired) electrons. The Morgan fingerprint density at radius 2 is 1.50 bits per heavy atom. The molecule has 1 saturated heterocycles. The summed E-state index contributed by atoms with van der Waals surface area (Å²) >= 11 is 0. The maximum absolute atomic E-state index is 12.7. The van der Waals surface area contributed by atoms with Gasteiger partial charge in [-0.25, -0.2) is 5.01 Å². The Labute approximate surface area is 187 Å². The van der Waals surface area contributed by atoms with Crippen molar-refractivity contribution < 1.29 is 19.1 Å². The molecule has 0 aromatic heterocycles. The molecular formula is C26H24N2O4. The number of nitrogens with zero attached hydrogens (tertiary/aromatic N) is 1. The number of rotatable bonds is 7. The number of benzene rings is 3. The molecule has 4 rings (SSSR count). The van der Waals surface area contributed by atoms with Crippen LogP contribution in [-0.2, 0) is 9.59 Å². The van der Waals surface area contributed by atoms with E-state index in [1.807, 2.05) is 50.2 Å². The van der Waals surface area contributed by atoms with Crippen LogP contribution in [0.2, 0.25) is 0 Å². The van der Waals surface area contributed by atoms with Gasteiger partial charge in [-0.1, -0.05) is 36.4 Å². The van der Waals surface area contributed by atoms with Crippen molar-refractivity contribution in [3.63, 3.8) is 0 Å². The Kier molecular flexibility index (Phi) is 6.22. The zero-order valence-electron chi connectivity index (χ0n) is 18.0. The second kappa shape index (κ2) is 9.39. The van der Waals surface area contributed by atoms with Gasteiger partial charge in [-0.05, 0) is 73.0 Å². The van der Waals surface area contributed by atoms with E-state index in [4.69, 9.17) is 9.47 Å². The fourth-order valence-corrected chi connectivity index (χ4v) is 3.51. The zero-order chi connectivity index (χ0) is 22.5. The summed E-state index contributed by atoms with van der Waals surface area (Å²) in [4.78, 5) is 25.1. The minimum atomic E-state index is -0.438. The van der Waals surface area contributed by atoms with Crippen LogP contribution >= 0.6 is 0 Å². The smallest absolute Gasteiger partial charge is 0.282 e. The van der Waals surface area contributed by atoms with Gasteiger partial charge < -0.3 is 9.47 Å². The van der Waals surface area contributed by atoms with Crippen LogP contribution in [-0.4, -0.2) is 25.0 Å². The van der Waals surface area contributed by atoms with Crippen LogP contribution < -0.4 is 19.9 Å². The summed E-state index contributed by atoms with van der Waals surface area (Å²) < 4.78 is 11.6. The minimum absolute atomic E-state index is 0.0733. The molecule has 1 fully saturated rings. The summed E-state index contributed by atoms with van der Waals surface area (Å²) in [5.74, 6) is 0.619. The molecule has 1 N–H and O–H groups in total. The summed E-state index contributed by atoms with van der Waals surface area (Å²) in [7, 11) is 0. The van der Waals surface area contributed by atoms with Crippen LogP contribution in [0.1, 0.15) is 16.7 Å². The number of hydrogen-bond acceptors (Lipinski definition) is 4. The molecule has 1 aliphatic rings. The second-order valence-electron chi connectivity index (χ2n) is 7.57. The third kappa shape index (κ3) is 4.98. The van der Waals surface area contributed by atoms with Gasteiger partial charge in [-0.15, -0.1) is 0 Å². The van der Waals surface area contributed by atoms with E-state index in [-0.39, 0.29) is 5.57 Å². The van der Waals surface area contributed by atoms with Gasteiger partial charge >= 0.3 is 0 Å². The third-order valence-corrected chi connectivity index (χ3v) is 4.89. The topological polar surface area (TPSA) is 67.9 Å². The third-order valence-electron chi connectivity index (χ3n) is 4.89. The van der Waals surface area contributed by atoms with Gasteiger partial charge in [0.15, 0.2) is 0 Å². The predicted molar refractivity (Wildman–Crippen MR) is 123 cm³/mol. The highest BCUT2D eigenvalue weighted by Crippen LogP contribution is 2.23. The van der Waals surface area contributed by atoms with E-state index < -0.39 is 11.8 Å². The number of anilines is 1. The number of carbonyl (C=O) groups is 2. The molecule has 1 heterocycles. The van der Waals surface area contributed by atoms with Crippen LogP contribution in [0.3, 0.4) is 0 Å². The molecule has 3 aromatic carbocycles. The lowest BCUT2D eigenvalue weighted by Crippen LogP contribution is -2.35. The quantitative estimate of drug-likeness (QED) is 0.348.